The number of hydrogen-bond donors (Lipinski definition) is 0. The van der Waals surface area contributed by atoms with Gasteiger partial charge < -0.3 is 9.47 Å². The quantitative estimate of drug-likeness (QED) is 0.619. The van der Waals surface area contributed by atoms with E-state index in [9.17, 15) is 0 Å². The van der Waals surface area contributed by atoms with E-state index in [2.05, 4.69) is 22.0 Å². The van der Waals surface area contributed by atoms with Gasteiger partial charge in [-0.05, 0) is 31.0 Å². The lowest BCUT2D eigenvalue weighted by atomic mass is 9.62. The largest absolute Gasteiger partial charge is 0.492 e. The highest BCUT2D eigenvalue weighted by atomic mass is 35.5. The van der Waals surface area contributed by atoms with Gasteiger partial charge in [-0.15, -0.1) is 0 Å². The van der Waals surface area contributed by atoms with Crippen molar-refractivity contribution < 1.29 is 9.47 Å². The van der Waals surface area contributed by atoms with E-state index in [1.807, 2.05) is 28.9 Å². The van der Waals surface area contributed by atoms with Gasteiger partial charge in [0, 0.05) is 54.1 Å². The van der Waals surface area contributed by atoms with Crippen LogP contribution in [0, 0.1) is 0 Å². The van der Waals surface area contributed by atoms with Crippen LogP contribution in [0.15, 0.2) is 42.7 Å². The summed E-state index contributed by atoms with van der Waals surface area (Å²) in [6.45, 7) is 5.05. The molecule has 0 N–H and O–H groups in total. The highest BCUT2D eigenvalue weighted by Gasteiger charge is 2.44. The van der Waals surface area contributed by atoms with Crippen molar-refractivity contribution in [1.29, 1.82) is 0 Å². The Morgan fingerprint density at radius 3 is 2.79 bits per heavy atom. The van der Waals surface area contributed by atoms with Crippen molar-refractivity contribution in [2.75, 3.05) is 39.5 Å². The summed E-state index contributed by atoms with van der Waals surface area (Å²) in [5.41, 5.74) is 2.98. The summed E-state index contributed by atoms with van der Waals surface area (Å²) in [4.78, 5) is 6.81. The molecule has 1 aliphatic heterocycles. The monoisotopic (exact) mass is 412 g/mol. The summed E-state index contributed by atoms with van der Waals surface area (Å²) in [5.74, 6) is 0.871. The van der Waals surface area contributed by atoms with Crippen LogP contribution in [0.2, 0.25) is 5.02 Å². The minimum absolute atomic E-state index is 0.132. The Balaban J connectivity index is 1.42. The third-order valence-electron chi connectivity index (χ3n) is 6.16. The number of morpholine rings is 1. The molecule has 6 nitrogen and oxygen atoms in total. The molecule has 1 saturated carbocycles. The number of nitrogens with zero attached hydrogens (tertiary/aromatic N) is 4. The van der Waals surface area contributed by atoms with Gasteiger partial charge in [-0.25, -0.2) is 9.50 Å². The highest BCUT2D eigenvalue weighted by molar-refractivity contribution is 6.30. The van der Waals surface area contributed by atoms with Gasteiger partial charge in [0.2, 0.25) is 0 Å². The van der Waals surface area contributed by atoms with E-state index in [4.69, 9.17) is 26.2 Å². The van der Waals surface area contributed by atoms with Crippen LogP contribution < -0.4 is 4.74 Å². The highest BCUT2D eigenvalue weighted by Crippen LogP contribution is 2.51. The standard InChI is InChI=1S/C22H25ClN4O2/c23-17-3-4-18(19(15-17)29-14-11-26-9-12-28-13-10-26)22(5-1-6-22)20-16-21-24-7-2-8-27(21)25-20/h2-4,7-8,15-16H,1,5-6,9-14H2. The van der Waals surface area contributed by atoms with Gasteiger partial charge in [-0.2, -0.15) is 5.10 Å². The van der Waals surface area contributed by atoms with E-state index >= 15 is 0 Å². The molecular formula is C22H25ClN4O2. The molecule has 3 aromatic rings. The van der Waals surface area contributed by atoms with E-state index < -0.39 is 0 Å². The number of halogens is 1. The Hall–Kier alpha value is -2.15. The average molecular weight is 413 g/mol. The van der Waals surface area contributed by atoms with Crippen molar-refractivity contribution in [3.05, 3.63) is 59.0 Å². The van der Waals surface area contributed by atoms with Crippen molar-refractivity contribution in [3.8, 4) is 5.75 Å². The molecule has 1 aliphatic carbocycles. The number of ether oxygens (including phenoxy) is 2. The molecule has 7 heteroatoms. The van der Waals surface area contributed by atoms with Crippen molar-refractivity contribution in [3.63, 3.8) is 0 Å². The van der Waals surface area contributed by atoms with Crippen LogP contribution in [0.5, 0.6) is 5.75 Å². The second kappa shape index (κ2) is 7.94. The van der Waals surface area contributed by atoms with Gasteiger partial charge in [0.1, 0.15) is 12.4 Å². The summed E-state index contributed by atoms with van der Waals surface area (Å²) in [5, 5.41) is 5.54. The van der Waals surface area contributed by atoms with Crippen LogP contribution in [-0.4, -0.2) is 59.0 Å². The fourth-order valence-corrected chi connectivity index (χ4v) is 4.54. The molecule has 0 atom stereocenters. The zero-order chi connectivity index (χ0) is 19.7. The Bertz CT molecular complexity index is 962. The topological polar surface area (TPSA) is 51.9 Å². The minimum atomic E-state index is -0.132. The number of benzene rings is 1. The lowest BCUT2D eigenvalue weighted by Gasteiger charge is -2.41. The number of rotatable bonds is 6. The van der Waals surface area contributed by atoms with Crippen LogP contribution in [-0.2, 0) is 10.2 Å². The van der Waals surface area contributed by atoms with Crippen LogP contribution in [0.3, 0.4) is 0 Å². The molecule has 0 bridgehead atoms. The third kappa shape index (κ3) is 3.61. The molecule has 2 aliphatic rings. The van der Waals surface area contributed by atoms with E-state index in [1.165, 1.54) is 12.0 Å². The molecule has 1 saturated heterocycles. The smallest absolute Gasteiger partial charge is 0.155 e. The first kappa shape index (κ1) is 18.9. The fraction of sp³-hybridized carbons (Fsp3) is 0.455. The molecular weight excluding hydrogens is 388 g/mol. The van der Waals surface area contributed by atoms with Crippen molar-refractivity contribution in [2.24, 2.45) is 0 Å². The molecule has 3 heterocycles. The molecule has 0 unspecified atom stereocenters. The molecule has 2 fully saturated rings. The second-order valence-corrected chi connectivity index (χ2v) is 8.27. The zero-order valence-corrected chi connectivity index (χ0v) is 17.1. The normalized spacial score (nSPS) is 19.2. The summed E-state index contributed by atoms with van der Waals surface area (Å²) in [6, 6.07) is 10.0. The maximum Gasteiger partial charge on any atom is 0.155 e. The first-order valence-corrected chi connectivity index (χ1v) is 10.7. The van der Waals surface area contributed by atoms with Crippen molar-refractivity contribution >= 4 is 17.2 Å². The first-order valence-electron chi connectivity index (χ1n) is 10.3. The Labute approximate surface area is 175 Å². The maximum atomic E-state index is 6.33. The summed E-state index contributed by atoms with van der Waals surface area (Å²) in [7, 11) is 0. The van der Waals surface area contributed by atoms with Crippen LogP contribution in [0.1, 0.15) is 30.5 Å². The fourth-order valence-electron chi connectivity index (χ4n) is 4.38. The van der Waals surface area contributed by atoms with Gasteiger partial charge in [0.05, 0.1) is 18.9 Å². The molecule has 0 amide bonds. The lowest BCUT2D eigenvalue weighted by Crippen LogP contribution is -2.39. The predicted molar refractivity (Wildman–Crippen MR) is 112 cm³/mol. The van der Waals surface area contributed by atoms with Crippen LogP contribution >= 0.6 is 11.6 Å². The molecule has 0 radical (unpaired) electrons. The van der Waals surface area contributed by atoms with Gasteiger partial charge in [0.15, 0.2) is 5.65 Å². The van der Waals surface area contributed by atoms with Gasteiger partial charge >= 0.3 is 0 Å². The Morgan fingerprint density at radius 1 is 1.17 bits per heavy atom. The first-order chi connectivity index (χ1) is 14.2. The molecule has 1 aromatic carbocycles. The second-order valence-electron chi connectivity index (χ2n) is 7.83. The average Bonchev–Trinajstić information content (AvgIpc) is 3.13. The van der Waals surface area contributed by atoms with E-state index in [0.29, 0.717) is 11.6 Å². The lowest BCUT2D eigenvalue weighted by molar-refractivity contribution is 0.0321. The Morgan fingerprint density at radius 2 is 2.03 bits per heavy atom. The van der Waals surface area contributed by atoms with E-state index in [0.717, 1.165) is 62.8 Å². The van der Waals surface area contributed by atoms with Gasteiger partial charge in [0.25, 0.3) is 0 Å². The molecule has 152 valence electrons. The molecule has 0 spiro atoms. The number of fused-ring (bicyclic) bond motifs is 1. The van der Waals surface area contributed by atoms with Crippen LogP contribution in [0.4, 0.5) is 0 Å². The molecule has 5 rings (SSSR count). The van der Waals surface area contributed by atoms with Crippen molar-refractivity contribution in [2.45, 2.75) is 24.7 Å². The van der Waals surface area contributed by atoms with Crippen LogP contribution in [0.25, 0.3) is 5.65 Å². The Kier molecular flexibility index (Phi) is 5.16. The predicted octanol–water partition coefficient (Wildman–Crippen LogP) is 3.56. The third-order valence-corrected chi connectivity index (χ3v) is 6.40. The maximum absolute atomic E-state index is 6.33. The van der Waals surface area contributed by atoms with E-state index in [1.54, 1.807) is 6.20 Å². The number of aromatic nitrogens is 3. The minimum Gasteiger partial charge on any atom is -0.492 e. The SMILES string of the molecule is Clc1ccc(C2(c3cc4ncccn4n3)CCC2)c(OCCN2CCOCC2)c1. The van der Waals surface area contributed by atoms with Crippen molar-refractivity contribution in [1.82, 2.24) is 19.5 Å². The van der Waals surface area contributed by atoms with E-state index in [-0.39, 0.29) is 5.41 Å². The summed E-state index contributed by atoms with van der Waals surface area (Å²) < 4.78 is 13.6. The molecule has 2 aromatic heterocycles. The van der Waals surface area contributed by atoms with Gasteiger partial charge in [-0.1, -0.05) is 24.1 Å². The zero-order valence-electron chi connectivity index (χ0n) is 16.4. The van der Waals surface area contributed by atoms with Gasteiger partial charge in [-0.3, -0.25) is 4.90 Å². The molecule has 29 heavy (non-hydrogen) atoms. The summed E-state index contributed by atoms with van der Waals surface area (Å²) in [6.07, 6.45) is 7.03. The number of hydrogen-bond acceptors (Lipinski definition) is 5. The summed E-state index contributed by atoms with van der Waals surface area (Å²) >= 11 is 6.33.